The summed E-state index contributed by atoms with van der Waals surface area (Å²) in [7, 11) is 1.51. The first-order chi connectivity index (χ1) is 8.52. The third kappa shape index (κ3) is 5.01. The SMILES string of the molecule is COCC(=O)N1CCC(NC(=O)CC(C)N)CC1. The Balaban J connectivity index is 2.27. The number of rotatable bonds is 5. The lowest BCUT2D eigenvalue weighted by Crippen LogP contribution is -2.47. The Morgan fingerprint density at radius 3 is 2.56 bits per heavy atom. The highest BCUT2D eigenvalue weighted by Gasteiger charge is 2.23. The summed E-state index contributed by atoms with van der Waals surface area (Å²) >= 11 is 0. The van der Waals surface area contributed by atoms with E-state index < -0.39 is 0 Å². The molecule has 0 spiro atoms. The van der Waals surface area contributed by atoms with E-state index >= 15 is 0 Å². The zero-order valence-corrected chi connectivity index (χ0v) is 11.1. The molecule has 1 fully saturated rings. The van der Waals surface area contributed by atoms with E-state index in [4.69, 9.17) is 10.5 Å². The molecule has 0 radical (unpaired) electrons. The Kier molecular flexibility index (Phi) is 6.07. The van der Waals surface area contributed by atoms with Crippen molar-refractivity contribution in [3.05, 3.63) is 0 Å². The van der Waals surface area contributed by atoms with Crippen molar-refractivity contribution >= 4 is 11.8 Å². The molecule has 1 rings (SSSR count). The van der Waals surface area contributed by atoms with Crippen LogP contribution >= 0.6 is 0 Å². The number of ether oxygens (including phenoxy) is 1. The van der Waals surface area contributed by atoms with Crippen LogP contribution in [0.4, 0.5) is 0 Å². The Morgan fingerprint density at radius 1 is 1.44 bits per heavy atom. The maximum absolute atomic E-state index is 11.6. The maximum atomic E-state index is 11.6. The minimum absolute atomic E-state index is 0.00771. The molecule has 1 saturated heterocycles. The lowest BCUT2D eigenvalue weighted by Gasteiger charge is -2.32. The van der Waals surface area contributed by atoms with Gasteiger partial charge in [-0.15, -0.1) is 0 Å². The first-order valence-electron chi connectivity index (χ1n) is 6.34. The number of carbonyl (C=O) groups excluding carboxylic acids is 2. The molecule has 6 nitrogen and oxygen atoms in total. The largest absolute Gasteiger partial charge is 0.375 e. The van der Waals surface area contributed by atoms with Gasteiger partial charge in [0.1, 0.15) is 6.61 Å². The van der Waals surface area contributed by atoms with E-state index in [9.17, 15) is 9.59 Å². The van der Waals surface area contributed by atoms with Crippen molar-refractivity contribution in [2.24, 2.45) is 5.73 Å². The second-order valence-electron chi connectivity index (χ2n) is 4.84. The van der Waals surface area contributed by atoms with Crippen LogP contribution < -0.4 is 11.1 Å². The van der Waals surface area contributed by atoms with Gasteiger partial charge in [-0.1, -0.05) is 0 Å². The molecule has 0 aromatic heterocycles. The monoisotopic (exact) mass is 257 g/mol. The standard InChI is InChI=1S/C12H23N3O3/c1-9(13)7-11(16)14-10-3-5-15(6-4-10)12(17)8-18-2/h9-10H,3-8,13H2,1-2H3,(H,14,16). The number of likely N-dealkylation sites (tertiary alicyclic amines) is 1. The van der Waals surface area contributed by atoms with Crippen LogP contribution in [-0.4, -0.2) is 55.6 Å². The molecule has 0 aliphatic carbocycles. The minimum Gasteiger partial charge on any atom is -0.375 e. The topological polar surface area (TPSA) is 84.7 Å². The number of piperidine rings is 1. The zero-order valence-electron chi connectivity index (χ0n) is 11.1. The van der Waals surface area contributed by atoms with Gasteiger partial charge in [0.05, 0.1) is 0 Å². The van der Waals surface area contributed by atoms with Crippen molar-refractivity contribution < 1.29 is 14.3 Å². The van der Waals surface area contributed by atoms with Gasteiger partial charge in [-0.05, 0) is 19.8 Å². The van der Waals surface area contributed by atoms with E-state index in [-0.39, 0.29) is 30.5 Å². The van der Waals surface area contributed by atoms with Crippen LogP contribution in [0.2, 0.25) is 0 Å². The van der Waals surface area contributed by atoms with Crippen LogP contribution in [0.3, 0.4) is 0 Å². The molecular weight excluding hydrogens is 234 g/mol. The number of nitrogens with zero attached hydrogens (tertiary/aromatic N) is 1. The quantitative estimate of drug-likeness (QED) is 0.694. The van der Waals surface area contributed by atoms with Gasteiger partial charge in [-0.2, -0.15) is 0 Å². The summed E-state index contributed by atoms with van der Waals surface area (Å²) in [6.45, 7) is 3.28. The fourth-order valence-electron chi connectivity index (χ4n) is 2.07. The van der Waals surface area contributed by atoms with Gasteiger partial charge in [0, 0.05) is 38.7 Å². The van der Waals surface area contributed by atoms with Gasteiger partial charge in [-0.3, -0.25) is 9.59 Å². The highest BCUT2D eigenvalue weighted by molar-refractivity contribution is 5.78. The molecule has 1 unspecified atom stereocenters. The fourth-order valence-corrected chi connectivity index (χ4v) is 2.07. The van der Waals surface area contributed by atoms with E-state index in [1.165, 1.54) is 7.11 Å². The van der Waals surface area contributed by atoms with Gasteiger partial charge < -0.3 is 20.7 Å². The van der Waals surface area contributed by atoms with Crippen molar-refractivity contribution in [1.82, 2.24) is 10.2 Å². The number of nitrogens with two attached hydrogens (primary N) is 1. The molecule has 0 aromatic carbocycles. The van der Waals surface area contributed by atoms with Crippen LogP contribution in [-0.2, 0) is 14.3 Å². The molecular formula is C12H23N3O3. The van der Waals surface area contributed by atoms with Crippen molar-refractivity contribution in [3.8, 4) is 0 Å². The molecule has 2 amide bonds. The molecule has 1 atom stereocenters. The van der Waals surface area contributed by atoms with Crippen molar-refractivity contribution in [3.63, 3.8) is 0 Å². The van der Waals surface area contributed by atoms with Gasteiger partial charge in [0.2, 0.25) is 11.8 Å². The van der Waals surface area contributed by atoms with E-state index in [1.54, 1.807) is 4.90 Å². The predicted molar refractivity (Wildman–Crippen MR) is 67.9 cm³/mol. The Bertz CT molecular complexity index is 286. The van der Waals surface area contributed by atoms with Crippen molar-refractivity contribution in [1.29, 1.82) is 0 Å². The van der Waals surface area contributed by atoms with E-state index in [2.05, 4.69) is 5.32 Å². The highest BCUT2D eigenvalue weighted by atomic mass is 16.5. The molecule has 3 N–H and O–H groups in total. The summed E-state index contributed by atoms with van der Waals surface area (Å²) in [5.41, 5.74) is 5.57. The minimum atomic E-state index is -0.117. The van der Waals surface area contributed by atoms with Crippen molar-refractivity contribution in [2.45, 2.75) is 38.3 Å². The smallest absolute Gasteiger partial charge is 0.248 e. The molecule has 0 bridgehead atoms. The lowest BCUT2D eigenvalue weighted by atomic mass is 10.0. The summed E-state index contributed by atoms with van der Waals surface area (Å²) in [6, 6.07) is 0.0382. The predicted octanol–water partition coefficient (Wildman–Crippen LogP) is -0.523. The third-order valence-electron chi connectivity index (χ3n) is 2.99. The second-order valence-corrected chi connectivity index (χ2v) is 4.84. The van der Waals surface area contributed by atoms with Gasteiger partial charge in [0.15, 0.2) is 0 Å². The Morgan fingerprint density at radius 2 is 2.06 bits per heavy atom. The number of hydrogen-bond donors (Lipinski definition) is 2. The summed E-state index contributed by atoms with van der Waals surface area (Å²) in [5, 5.41) is 2.95. The van der Waals surface area contributed by atoms with Gasteiger partial charge in [-0.25, -0.2) is 0 Å². The van der Waals surface area contributed by atoms with E-state index in [0.29, 0.717) is 19.5 Å². The van der Waals surface area contributed by atoms with Crippen LogP contribution in [0.1, 0.15) is 26.2 Å². The molecule has 104 valence electrons. The highest BCUT2D eigenvalue weighted by Crippen LogP contribution is 2.10. The number of carbonyl (C=O) groups is 2. The van der Waals surface area contributed by atoms with Crippen LogP contribution in [0.15, 0.2) is 0 Å². The molecule has 18 heavy (non-hydrogen) atoms. The van der Waals surface area contributed by atoms with Crippen molar-refractivity contribution in [2.75, 3.05) is 26.8 Å². The maximum Gasteiger partial charge on any atom is 0.248 e. The van der Waals surface area contributed by atoms with E-state index in [1.807, 2.05) is 6.92 Å². The van der Waals surface area contributed by atoms with Gasteiger partial charge in [0.25, 0.3) is 0 Å². The third-order valence-corrected chi connectivity index (χ3v) is 2.99. The average molecular weight is 257 g/mol. The van der Waals surface area contributed by atoms with Crippen LogP contribution in [0.25, 0.3) is 0 Å². The van der Waals surface area contributed by atoms with E-state index in [0.717, 1.165) is 12.8 Å². The lowest BCUT2D eigenvalue weighted by molar-refractivity contribution is -0.136. The molecule has 0 aromatic rings. The summed E-state index contributed by atoms with van der Waals surface area (Å²) in [5.74, 6) is 0.00419. The molecule has 1 aliphatic rings. The fraction of sp³-hybridized carbons (Fsp3) is 0.833. The molecule has 6 heteroatoms. The molecule has 1 aliphatic heterocycles. The number of nitrogens with one attached hydrogen (secondary N) is 1. The van der Waals surface area contributed by atoms with Crippen LogP contribution in [0.5, 0.6) is 0 Å². The summed E-state index contributed by atoms with van der Waals surface area (Å²) in [4.78, 5) is 24.9. The molecule has 1 heterocycles. The number of amides is 2. The number of methoxy groups -OCH3 is 1. The average Bonchev–Trinajstić information content (AvgIpc) is 2.29. The number of hydrogen-bond acceptors (Lipinski definition) is 4. The van der Waals surface area contributed by atoms with Gasteiger partial charge >= 0.3 is 0 Å². The normalized spacial score (nSPS) is 18.5. The first kappa shape index (κ1) is 14.9. The zero-order chi connectivity index (χ0) is 13.5. The second kappa shape index (κ2) is 7.33. The molecule has 0 saturated carbocycles. The first-order valence-corrected chi connectivity index (χ1v) is 6.34. The summed E-state index contributed by atoms with van der Waals surface area (Å²) < 4.78 is 4.82. The Hall–Kier alpha value is -1.14. The Labute approximate surface area is 108 Å². The summed E-state index contributed by atoms with van der Waals surface area (Å²) in [6.07, 6.45) is 1.93. The van der Waals surface area contributed by atoms with Crippen LogP contribution in [0, 0.1) is 0 Å².